The number of amides is 1. The fraction of sp³-hybridized carbons (Fsp3) is 0.143. The van der Waals surface area contributed by atoms with E-state index in [1.807, 2.05) is 55.5 Å². The molecule has 0 bridgehead atoms. The lowest BCUT2D eigenvalue weighted by molar-refractivity contribution is -0.119. The third kappa shape index (κ3) is 4.92. The maximum Gasteiger partial charge on any atom is 0.259 e. The van der Waals surface area contributed by atoms with Crippen LogP contribution < -0.4 is 15.5 Å². The Kier molecular flexibility index (Phi) is 6.34. The van der Waals surface area contributed by atoms with Crippen molar-refractivity contribution in [1.29, 1.82) is 0 Å². The highest BCUT2D eigenvalue weighted by Crippen LogP contribution is 2.26. The normalized spacial score (nSPS) is 10.8. The minimum absolute atomic E-state index is 0.0585. The maximum atomic E-state index is 11.9. The van der Waals surface area contributed by atoms with Gasteiger partial charge in [-0.2, -0.15) is 5.10 Å². The number of furan rings is 1. The molecule has 3 rings (SSSR count). The van der Waals surface area contributed by atoms with Gasteiger partial charge in [-0.15, -0.1) is 0 Å². The number of ether oxygens (including phenoxy) is 1. The molecule has 0 saturated carbocycles. The highest BCUT2D eigenvalue weighted by atomic mass is 35.5. The Bertz CT molecular complexity index is 998. The van der Waals surface area contributed by atoms with Gasteiger partial charge in [0.15, 0.2) is 0 Å². The summed E-state index contributed by atoms with van der Waals surface area (Å²) in [5.74, 6) is 1.56. The topological polar surface area (TPSA) is 75.9 Å². The van der Waals surface area contributed by atoms with E-state index in [2.05, 4.69) is 15.8 Å². The van der Waals surface area contributed by atoms with E-state index in [0.29, 0.717) is 22.3 Å². The van der Waals surface area contributed by atoms with Crippen LogP contribution in [0.5, 0.6) is 5.75 Å². The lowest BCUT2D eigenvalue weighted by Gasteiger charge is -2.09. The number of carbonyl (C=O) groups is 1. The lowest BCUT2D eigenvalue weighted by Crippen LogP contribution is -2.26. The van der Waals surface area contributed by atoms with E-state index in [9.17, 15) is 4.79 Å². The molecule has 0 aliphatic carbocycles. The van der Waals surface area contributed by atoms with Gasteiger partial charge in [-0.05, 0) is 42.8 Å². The molecule has 7 heteroatoms. The molecular weight excluding hydrogens is 378 g/mol. The zero-order chi connectivity index (χ0) is 19.9. The number of methoxy groups -OCH3 is 1. The Labute approximate surface area is 168 Å². The van der Waals surface area contributed by atoms with Gasteiger partial charge in [0.25, 0.3) is 5.91 Å². The van der Waals surface area contributed by atoms with Crippen LogP contribution in [0.25, 0.3) is 11.3 Å². The van der Waals surface area contributed by atoms with Crippen molar-refractivity contribution in [2.24, 2.45) is 5.10 Å². The molecule has 0 saturated heterocycles. The molecule has 0 atom stereocenters. The average Bonchev–Trinajstić information content (AvgIpc) is 3.17. The molecular formula is C21H20ClN3O3. The number of nitrogens with zero attached hydrogens (tertiary/aromatic N) is 1. The van der Waals surface area contributed by atoms with Crippen molar-refractivity contribution < 1.29 is 13.9 Å². The van der Waals surface area contributed by atoms with Gasteiger partial charge in [-0.25, -0.2) is 5.43 Å². The van der Waals surface area contributed by atoms with Gasteiger partial charge in [0, 0.05) is 10.6 Å². The summed E-state index contributed by atoms with van der Waals surface area (Å²) in [6.07, 6.45) is 1.44. The van der Waals surface area contributed by atoms with Gasteiger partial charge >= 0.3 is 0 Å². The number of hydrazone groups is 1. The van der Waals surface area contributed by atoms with E-state index < -0.39 is 0 Å². The van der Waals surface area contributed by atoms with E-state index in [1.54, 1.807) is 13.2 Å². The summed E-state index contributed by atoms with van der Waals surface area (Å²) in [5.41, 5.74) is 5.06. The highest BCUT2D eigenvalue weighted by Gasteiger charge is 2.06. The van der Waals surface area contributed by atoms with Gasteiger partial charge < -0.3 is 14.5 Å². The Morgan fingerprint density at radius 2 is 2.04 bits per heavy atom. The number of anilines is 1. The summed E-state index contributed by atoms with van der Waals surface area (Å²) < 4.78 is 10.9. The maximum absolute atomic E-state index is 11.9. The molecule has 2 N–H and O–H groups in total. The van der Waals surface area contributed by atoms with Crippen molar-refractivity contribution in [3.8, 4) is 17.1 Å². The monoisotopic (exact) mass is 397 g/mol. The second kappa shape index (κ2) is 9.10. The number of para-hydroxylation sites is 2. The van der Waals surface area contributed by atoms with Crippen LogP contribution in [0.2, 0.25) is 5.02 Å². The van der Waals surface area contributed by atoms with Crippen molar-refractivity contribution in [3.63, 3.8) is 0 Å². The van der Waals surface area contributed by atoms with Gasteiger partial charge in [0.2, 0.25) is 0 Å². The largest absolute Gasteiger partial charge is 0.495 e. The third-order valence-electron chi connectivity index (χ3n) is 4.01. The smallest absolute Gasteiger partial charge is 0.259 e. The molecule has 0 unspecified atom stereocenters. The number of nitrogens with one attached hydrogen (secondary N) is 2. The van der Waals surface area contributed by atoms with Crippen molar-refractivity contribution in [2.45, 2.75) is 6.92 Å². The first-order chi connectivity index (χ1) is 13.6. The van der Waals surface area contributed by atoms with Crippen molar-refractivity contribution in [1.82, 2.24) is 5.43 Å². The minimum atomic E-state index is -0.292. The Hall–Kier alpha value is -3.25. The molecule has 28 heavy (non-hydrogen) atoms. The first-order valence-corrected chi connectivity index (χ1v) is 9.00. The van der Waals surface area contributed by atoms with Crippen LogP contribution in [0.4, 0.5) is 5.69 Å². The van der Waals surface area contributed by atoms with Crippen LogP contribution in [0.1, 0.15) is 11.3 Å². The second-order valence-corrected chi connectivity index (χ2v) is 6.42. The molecule has 1 aromatic heterocycles. The molecule has 0 aliphatic rings. The summed E-state index contributed by atoms with van der Waals surface area (Å²) in [6.45, 7) is 2.00. The number of halogens is 1. The summed E-state index contributed by atoms with van der Waals surface area (Å²) in [5, 5.41) is 7.60. The fourth-order valence-electron chi connectivity index (χ4n) is 2.50. The average molecular weight is 398 g/mol. The van der Waals surface area contributed by atoms with Crippen molar-refractivity contribution >= 4 is 29.4 Å². The van der Waals surface area contributed by atoms with Crippen LogP contribution in [-0.2, 0) is 4.79 Å². The predicted molar refractivity (Wildman–Crippen MR) is 111 cm³/mol. The summed E-state index contributed by atoms with van der Waals surface area (Å²) in [4.78, 5) is 11.9. The third-order valence-corrected chi connectivity index (χ3v) is 4.42. The molecule has 144 valence electrons. The van der Waals surface area contributed by atoms with Crippen molar-refractivity contribution in [3.05, 3.63) is 70.9 Å². The highest BCUT2D eigenvalue weighted by molar-refractivity contribution is 6.31. The SMILES string of the molecule is COc1ccccc1NCC(=O)N/N=C/c1ccc(-c2ccc(C)c(Cl)c2)o1. The van der Waals surface area contributed by atoms with Crippen LogP contribution in [0.3, 0.4) is 0 Å². The van der Waals surface area contributed by atoms with E-state index in [1.165, 1.54) is 6.21 Å². The molecule has 2 aromatic carbocycles. The van der Waals surface area contributed by atoms with Gasteiger partial charge in [-0.1, -0.05) is 35.9 Å². The summed E-state index contributed by atoms with van der Waals surface area (Å²) >= 11 is 6.15. The molecule has 0 aliphatic heterocycles. The molecule has 6 nitrogen and oxygen atoms in total. The first-order valence-electron chi connectivity index (χ1n) is 8.62. The van der Waals surface area contributed by atoms with E-state index in [4.69, 9.17) is 20.8 Å². The van der Waals surface area contributed by atoms with E-state index in [0.717, 1.165) is 16.8 Å². The standard InChI is InChI=1S/C21H20ClN3O3/c1-14-7-8-15(11-17(14)22)19-10-9-16(28-19)12-24-25-21(26)13-23-18-5-3-4-6-20(18)27-2/h3-12,23H,13H2,1-2H3,(H,25,26)/b24-12+. The van der Waals surface area contributed by atoms with E-state index in [-0.39, 0.29) is 12.5 Å². The van der Waals surface area contributed by atoms with E-state index >= 15 is 0 Å². The van der Waals surface area contributed by atoms with Crippen LogP contribution >= 0.6 is 11.6 Å². The van der Waals surface area contributed by atoms with Crippen LogP contribution in [0.15, 0.2) is 64.1 Å². The minimum Gasteiger partial charge on any atom is -0.495 e. The van der Waals surface area contributed by atoms with Crippen LogP contribution in [-0.4, -0.2) is 25.8 Å². The first kappa shape index (κ1) is 19.5. The lowest BCUT2D eigenvalue weighted by atomic mass is 10.1. The number of rotatable bonds is 7. The molecule has 1 heterocycles. The van der Waals surface area contributed by atoms with Gasteiger partial charge in [0.1, 0.15) is 17.3 Å². The number of aryl methyl sites for hydroxylation is 1. The summed E-state index contributed by atoms with van der Waals surface area (Å²) in [7, 11) is 1.58. The predicted octanol–water partition coefficient (Wildman–Crippen LogP) is 4.48. The molecule has 0 spiro atoms. The fourth-order valence-corrected chi connectivity index (χ4v) is 2.68. The number of benzene rings is 2. The number of hydrogen-bond acceptors (Lipinski definition) is 5. The quantitative estimate of drug-likeness (QED) is 0.455. The van der Waals surface area contributed by atoms with Gasteiger partial charge in [0.05, 0.1) is 25.6 Å². The Morgan fingerprint density at radius 1 is 1.21 bits per heavy atom. The molecule has 3 aromatic rings. The molecule has 0 fully saturated rings. The Balaban J connectivity index is 1.54. The second-order valence-electron chi connectivity index (χ2n) is 6.01. The molecule has 1 amide bonds. The Morgan fingerprint density at radius 3 is 2.82 bits per heavy atom. The number of carbonyl (C=O) groups excluding carboxylic acids is 1. The zero-order valence-corrected chi connectivity index (χ0v) is 16.3. The van der Waals surface area contributed by atoms with Crippen molar-refractivity contribution in [2.75, 3.05) is 19.0 Å². The number of hydrogen-bond donors (Lipinski definition) is 2. The van der Waals surface area contributed by atoms with Crippen LogP contribution in [0, 0.1) is 6.92 Å². The zero-order valence-electron chi connectivity index (χ0n) is 15.5. The van der Waals surface area contributed by atoms with Gasteiger partial charge in [-0.3, -0.25) is 4.79 Å². The summed E-state index contributed by atoms with van der Waals surface area (Å²) in [6, 6.07) is 16.7. The molecule has 0 radical (unpaired) electrons.